The van der Waals surface area contributed by atoms with Gasteiger partial charge < -0.3 is 15.0 Å². The third-order valence-corrected chi connectivity index (χ3v) is 3.68. The Balaban J connectivity index is 2.10. The van der Waals surface area contributed by atoms with Crippen LogP contribution in [0.5, 0.6) is 0 Å². The maximum absolute atomic E-state index is 11.6. The van der Waals surface area contributed by atoms with Gasteiger partial charge in [0, 0.05) is 25.3 Å². The van der Waals surface area contributed by atoms with E-state index in [1.807, 2.05) is 6.07 Å². The van der Waals surface area contributed by atoms with Gasteiger partial charge in [-0.15, -0.1) is 0 Å². The smallest absolute Gasteiger partial charge is 0.376 e. The van der Waals surface area contributed by atoms with Crippen molar-refractivity contribution in [3.63, 3.8) is 0 Å². The largest absolute Gasteiger partial charge is 0.463 e. The molecule has 1 fully saturated rings. The van der Waals surface area contributed by atoms with Crippen molar-refractivity contribution in [1.29, 1.82) is 0 Å². The highest BCUT2D eigenvalue weighted by Crippen LogP contribution is 2.15. The number of anilines is 1. The molecule has 6 nitrogen and oxygen atoms in total. The minimum absolute atomic E-state index is 0.118. The Morgan fingerprint density at radius 3 is 3.05 bits per heavy atom. The fraction of sp³-hybridized carbons (Fsp3) is 0.667. The van der Waals surface area contributed by atoms with Gasteiger partial charge in [0.15, 0.2) is 0 Å². The Morgan fingerprint density at radius 2 is 2.38 bits per heavy atom. The number of carbonyl (C=O) groups excluding carboxylic acids is 1. The van der Waals surface area contributed by atoms with Gasteiger partial charge >= 0.3 is 5.97 Å². The van der Waals surface area contributed by atoms with Crippen molar-refractivity contribution in [2.45, 2.75) is 38.6 Å². The number of nitrogens with zero attached hydrogens (tertiary/aromatic N) is 3. The third-order valence-electron chi connectivity index (χ3n) is 3.68. The number of methoxy groups -OCH3 is 1. The van der Waals surface area contributed by atoms with Crippen molar-refractivity contribution < 1.29 is 9.53 Å². The van der Waals surface area contributed by atoms with Crippen LogP contribution in [-0.4, -0.2) is 48.7 Å². The summed E-state index contributed by atoms with van der Waals surface area (Å²) in [7, 11) is 1.34. The van der Waals surface area contributed by atoms with E-state index in [-0.39, 0.29) is 5.82 Å². The summed E-state index contributed by atoms with van der Waals surface area (Å²) in [5.41, 5.74) is 0. The number of hydrogen-bond donors (Lipinski definition) is 1. The Labute approximate surface area is 125 Å². The standard InChI is InChI=1S/C15H24N4O2/c1-3-10-19(11-12-6-4-5-8-16-12)13-7-9-17-14(18-13)15(20)21-2/h7,9,12,16H,3-6,8,10-11H2,1-2H3. The van der Waals surface area contributed by atoms with E-state index in [1.165, 1.54) is 26.4 Å². The van der Waals surface area contributed by atoms with Gasteiger partial charge in [-0.1, -0.05) is 13.3 Å². The van der Waals surface area contributed by atoms with Gasteiger partial charge in [-0.3, -0.25) is 0 Å². The van der Waals surface area contributed by atoms with Gasteiger partial charge in [0.25, 0.3) is 0 Å². The normalized spacial score (nSPS) is 18.3. The fourth-order valence-corrected chi connectivity index (χ4v) is 2.63. The number of aromatic nitrogens is 2. The van der Waals surface area contributed by atoms with E-state index in [0.717, 1.165) is 31.9 Å². The van der Waals surface area contributed by atoms with Crippen LogP contribution in [0, 0.1) is 0 Å². The van der Waals surface area contributed by atoms with Crippen LogP contribution in [0.4, 0.5) is 5.82 Å². The SMILES string of the molecule is CCCN(CC1CCCCN1)c1ccnc(C(=O)OC)n1. The summed E-state index contributed by atoms with van der Waals surface area (Å²) in [6, 6.07) is 2.34. The Hall–Kier alpha value is -1.69. The van der Waals surface area contributed by atoms with Crippen LogP contribution in [0.1, 0.15) is 43.2 Å². The molecule has 6 heteroatoms. The summed E-state index contributed by atoms with van der Waals surface area (Å²) >= 11 is 0. The average molecular weight is 292 g/mol. The Kier molecular flexibility index (Phi) is 5.92. The monoisotopic (exact) mass is 292 g/mol. The molecule has 2 rings (SSSR count). The van der Waals surface area contributed by atoms with E-state index >= 15 is 0 Å². The van der Waals surface area contributed by atoms with Gasteiger partial charge in [-0.25, -0.2) is 14.8 Å². The zero-order valence-electron chi connectivity index (χ0n) is 12.8. The van der Waals surface area contributed by atoms with Gasteiger partial charge in [-0.2, -0.15) is 0 Å². The first kappa shape index (κ1) is 15.7. The highest BCUT2D eigenvalue weighted by molar-refractivity contribution is 5.85. The molecule has 1 aromatic heterocycles. The zero-order chi connectivity index (χ0) is 15.1. The molecular formula is C15H24N4O2. The van der Waals surface area contributed by atoms with Crippen LogP contribution in [0.25, 0.3) is 0 Å². The fourth-order valence-electron chi connectivity index (χ4n) is 2.63. The van der Waals surface area contributed by atoms with Crippen molar-refractivity contribution in [2.75, 3.05) is 31.6 Å². The molecule has 21 heavy (non-hydrogen) atoms. The lowest BCUT2D eigenvalue weighted by atomic mass is 10.0. The molecule has 1 aliphatic heterocycles. The number of esters is 1. The van der Waals surface area contributed by atoms with Crippen molar-refractivity contribution >= 4 is 11.8 Å². The Morgan fingerprint density at radius 1 is 1.52 bits per heavy atom. The molecule has 116 valence electrons. The molecule has 1 aliphatic rings. The highest BCUT2D eigenvalue weighted by atomic mass is 16.5. The topological polar surface area (TPSA) is 67.4 Å². The quantitative estimate of drug-likeness (QED) is 0.804. The third kappa shape index (κ3) is 4.39. The molecule has 1 N–H and O–H groups in total. The summed E-state index contributed by atoms with van der Waals surface area (Å²) < 4.78 is 4.69. The molecule has 0 saturated carbocycles. The predicted molar refractivity (Wildman–Crippen MR) is 81.5 cm³/mol. The first-order valence-corrected chi connectivity index (χ1v) is 7.64. The second-order valence-corrected chi connectivity index (χ2v) is 5.32. The predicted octanol–water partition coefficient (Wildman–Crippen LogP) is 1.62. The first-order valence-electron chi connectivity index (χ1n) is 7.64. The molecule has 1 atom stereocenters. The van der Waals surface area contributed by atoms with Crippen LogP contribution in [0.2, 0.25) is 0 Å². The maximum Gasteiger partial charge on any atom is 0.376 e. The lowest BCUT2D eigenvalue weighted by Crippen LogP contribution is -2.44. The molecule has 0 bridgehead atoms. The summed E-state index contributed by atoms with van der Waals surface area (Å²) in [6.07, 6.45) is 6.37. The van der Waals surface area contributed by atoms with E-state index in [2.05, 4.69) is 31.8 Å². The molecule has 2 heterocycles. The Bertz CT molecular complexity index is 461. The first-order chi connectivity index (χ1) is 10.2. The summed E-state index contributed by atoms with van der Waals surface area (Å²) in [6.45, 7) is 5.05. The van der Waals surface area contributed by atoms with Crippen LogP contribution in [0.3, 0.4) is 0 Å². The molecule has 1 aromatic rings. The highest BCUT2D eigenvalue weighted by Gasteiger charge is 2.19. The van der Waals surface area contributed by atoms with Crippen LogP contribution >= 0.6 is 0 Å². The molecule has 0 amide bonds. The van der Waals surface area contributed by atoms with Gasteiger partial charge in [0.2, 0.25) is 5.82 Å². The number of nitrogens with one attached hydrogen (secondary N) is 1. The van der Waals surface area contributed by atoms with E-state index in [0.29, 0.717) is 6.04 Å². The number of carbonyl (C=O) groups is 1. The molecule has 0 spiro atoms. The van der Waals surface area contributed by atoms with Crippen molar-refractivity contribution in [3.8, 4) is 0 Å². The number of rotatable bonds is 6. The summed E-state index contributed by atoms with van der Waals surface area (Å²) in [5.74, 6) is 0.413. The minimum atomic E-state index is -0.496. The average Bonchev–Trinajstić information content (AvgIpc) is 2.55. The van der Waals surface area contributed by atoms with Crippen molar-refractivity contribution in [2.24, 2.45) is 0 Å². The second kappa shape index (κ2) is 7.93. The number of ether oxygens (including phenoxy) is 1. The molecule has 0 aliphatic carbocycles. The molecular weight excluding hydrogens is 268 g/mol. The minimum Gasteiger partial charge on any atom is -0.463 e. The number of hydrogen-bond acceptors (Lipinski definition) is 6. The van der Waals surface area contributed by atoms with E-state index < -0.39 is 5.97 Å². The van der Waals surface area contributed by atoms with Crippen molar-refractivity contribution in [3.05, 3.63) is 18.1 Å². The summed E-state index contributed by atoms with van der Waals surface area (Å²) in [4.78, 5) is 22.1. The second-order valence-electron chi connectivity index (χ2n) is 5.32. The molecule has 1 unspecified atom stereocenters. The summed E-state index contributed by atoms with van der Waals surface area (Å²) in [5, 5.41) is 3.55. The molecule has 1 saturated heterocycles. The lowest BCUT2D eigenvalue weighted by molar-refractivity contribution is 0.0587. The zero-order valence-corrected chi connectivity index (χ0v) is 12.8. The van der Waals surface area contributed by atoms with Crippen LogP contribution < -0.4 is 10.2 Å². The maximum atomic E-state index is 11.6. The van der Waals surface area contributed by atoms with Crippen molar-refractivity contribution in [1.82, 2.24) is 15.3 Å². The van der Waals surface area contributed by atoms with Crippen LogP contribution in [-0.2, 0) is 4.74 Å². The van der Waals surface area contributed by atoms with E-state index in [1.54, 1.807) is 6.20 Å². The van der Waals surface area contributed by atoms with Crippen LogP contribution in [0.15, 0.2) is 12.3 Å². The number of piperidine rings is 1. The van der Waals surface area contributed by atoms with E-state index in [4.69, 9.17) is 0 Å². The lowest BCUT2D eigenvalue weighted by Gasteiger charge is -2.31. The van der Waals surface area contributed by atoms with E-state index in [9.17, 15) is 4.79 Å². The molecule has 0 aromatic carbocycles. The van der Waals surface area contributed by atoms with Gasteiger partial charge in [0.1, 0.15) is 5.82 Å². The molecule has 0 radical (unpaired) electrons. The van der Waals surface area contributed by atoms with Gasteiger partial charge in [-0.05, 0) is 31.9 Å². The van der Waals surface area contributed by atoms with Gasteiger partial charge in [0.05, 0.1) is 7.11 Å².